The molecule has 2 rings (SSSR count). The molecule has 1 aliphatic rings. The number of pyridine rings is 1. The Morgan fingerprint density at radius 3 is 2.94 bits per heavy atom. The monoisotopic (exact) mass is 228 g/mol. The van der Waals surface area contributed by atoms with E-state index in [2.05, 4.69) is 10.3 Å². The van der Waals surface area contributed by atoms with Gasteiger partial charge in [0.2, 0.25) is 17.8 Å². The largest absolute Gasteiger partial charge is 0.381 e. The van der Waals surface area contributed by atoms with Gasteiger partial charge in [-0.1, -0.05) is 0 Å². The minimum atomic E-state index is -1.02. The van der Waals surface area contributed by atoms with Crippen LogP contribution in [-0.2, 0) is 9.53 Å². The van der Waals surface area contributed by atoms with Gasteiger partial charge in [0.25, 0.3) is 0 Å². The average Bonchev–Trinajstić information content (AvgIpc) is 2.75. The van der Waals surface area contributed by atoms with E-state index < -0.39 is 11.9 Å². The zero-order chi connectivity index (χ0) is 11.5. The number of anilines is 1. The molecule has 1 fully saturated rings. The number of carbonyl (C=O) groups excluding carboxylic acids is 1. The maximum Gasteiger partial charge on any atom is 0.239 e. The van der Waals surface area contributed by atoms with Crippen LogP contribution in [-0.4, -0.2) is 24.1 Å². The zero-order valence-electron chi connectivity index (χ0n) is 8.37. The number of carbonyl (C=O) groups is 1. The van der Waals surface area contributed by atoms with Gasteiger partial charge in [-0.25, -0.2) is 0 Å². The third-order valence-electron chi connectivity index (χ3n) is 2.37. The van der Waals surface area contributed by atoms with Crippen LogP contribution in [0.5, 0.6) is 0 Å². The van der Waals surface area contributed by atoms with Gasteiger partial charge in [0.1, 0.15) is 0 Å². The maximum absolute atomic E-state index is 13.1. The molecule has 1 amide bonds. The molecular formula is C10H10F2N2O2. The fourth-order valence-corrected chi connectivity index (χ4v) is 1.48. The highest BCUT2D eigenvalue weighted by atomic mass is 19.1. The highest BCUT2D eigenvalue weighted by Crippen LogP contribution is 2.17. The SMILES string of the molecule is O=C(Nc1ccc(F)nc1F)C1CCOC1. The Morgan fingerprint density at radius 2 is 2.31 bits per heavy atom. The van der Waals surface area contributed by atoms with Crippen molar-refractivity contribution < 1.29 is 18.3 Å². The number of nitrogens with zero attached hydrogens (tertiary/aromatic N) is 1. The second kappa shape index (κ2) is 4.52. The van der Waals surface area contributed by atoms with Crippen molar-refractivity contribution in [3.63, 3.8) is 0 Å². The van der Waals surface area contributed by atoms with Crippen LogP contribution in [0.4, 0.5) is 14.5 Å². The first kappa shape index (κ1) is 10.9. The summed E-state index contributed by atoms with van der Waals surface area (Å²) in [5.41, 5.74) is -0.113. The maximum atomic E-state index is 13.1. The van der Waals surface area contributed by atoms with Crippen molar-refractivity contribution in [3.8, 4) is 0 Å². The Hall–Kier alpha value is -1.56. The highest BCUT2D eigenvalue weighted by Gasteiger charge is 2.24. The lowest BCUT2D eigenvalue weighted by molar-refractivity contribution is -0.119. The van der Waals surface area contributed by atoms with Crippen LogP contribution in [0.3, 0.4) is 0 Å². The number of hydrogen-bond acceptors (Lipinski definition) is 3. The van der Waals surface area contributed by atoms with Crippen molar-refractivity contribution in [2.75, 3.05) is 18.5 Å². The molecular weight excluding hydrogens is 218 g/mol. The number of rotatable bonds is 2. The van der Waals surface area contributed by atoms with Gasteiger partial charge in [-0.15, -0.1) is 0 Å². The molecule has 0 radical (unpaired) electrons. The minimum absolute atomic E-state index is 0.113. The normalized spacial score (nSPS) is 19.8. The standard InChI is InChI=1S/C10H10F2N2O2/c11-8-2-1-7(9(12)14-8)13-10(15)6-3-4-16-5-6/h1-2,6H,3-5H2,(H,13,15). The summed E-state index contributed by atoms with van der Waals surface area (Å²) in [7, 11) is 0. The van der Waals surface area contributed by atoms with Crippen LogP contribution in [0, 0.1) is 17.8 Å². The Morgan fingerprint density at radius 1 is 1.50 bits per heavy atom. The molecule has 1 saturated heterocycles. The van der Waals surface area contributed by atoms with Crippen LogP contribution in [0.25, 0.3) is 0 Å². The van der Waals surface area contributed by atoms with E-state index in [4.69, 9.17) is 4.74 Å². The number of nitrogens with one attached hydrogen (secondary N) is 1. The zero-order valence-corrected chi connectivity index (χ0v) is 8.37. The predicted molar refractivity (Wildman–Crippen MR) is 51.7 cm³/mol. The Bertz CT molecular complexity index is 406. The molecule has 0 bridgehead atoms. The highest BCUT2D eigenvalue weighted by molar-refractivity contribution is 5.92. The molecule has 0 saturated carbocycles. The van der Waals surface area contributed by atoms with Gasteiger partial charge in [0.05, 0.1) is 18.2 Å². The van der Waals surface area contributed by atoms with Crippen molar-refractivity contribution in [3.05, 3.63) is 24.0 Å². The Labute approximate surface area is 90.6 Å². The second-order valence-corrected chi connectivity index (χ2v) is 3.52. The molecule has 1 aliphatic heterocycles. The molecule has 2 heterocycles. The van der Waals surface area contributed by atoms with Crippen molar-refractivity contribution in [2.45, 2.75) is 6.42 Å². The van der Waals surface area contributed by atoms with Crippen LogP contribution < -0.4 is 5.32 Å². The second-order valence-electron chi connectivity index (χ2n) is 3.52. The van der Waals surface area contributed by atoms with Gasteiger partial charge in [0.15, 0.2) is 0 Å². The summed E-state index contributed by atoms with van der Waals surface area (Å²) in [5, 5.41) is 2.36. The lowest BCUT2D eigenvalue weighted by atomic mass is 10.1. The van der Waals surface area contributed by atoms with Gasteiger partial charge >= 0.3 is 0 Å². The smallest absolute Gasteiger partial charge is 0.239 e. The lowest BCUT2D eigenvalue weighted by Crippen LogP contribution is -2.23. The van der Waals surface area contributed by atoms with Gasteiger partial charge in [-0.2, -0.15) is 13.8 Å². The Kier molecular flexibility index (Phi) is 3.09. The number of halogens is 2. The third kappa shape index (κ3) is 2.33. The van der Waals surface area contributed by atoms with Crippen LogP contribution in [0.1, 0.15) is 6.42 Å². The van der Waals surface area contributed by atoms with E-state index in [1.807, 2.05) is 0 Å². The minimum Gasteiger partial charge on any atom is -0.381 e. The van der Waals surface area contributed by atoms with E-state index in [0.717, 1.165) is 12.1 Å². The van der Waals surface area contributed by atoms with Crippen LogP contribution in [0.15, 0.2) is 12.1 Å². The molecule has 1 atom stereocenters. The fraction of sp³-hybridized carbons (Fsp3) is 0.400. The van der Waals surface area contributed by atoms with Gasteiger partial charge < -0.3 is 10.1 Å². The van der Waals surface area contributed by atoms with Gasteiger partial charge in [0, 0.05) is 6.61 Å². The molecule has 1 aromatic heterocycles. The predicted octanol–water partition coefficient (Wildman–Crippen LogP) is 1.33. The average molecular weight is 228 g/mol. The number of aromatic nitrogens is 1. The topological polar surface area (TPSA) is 51.2 Å². The van der Waals surface area contributed by atoms with Gasteiger partial charge in [-0.05, 0) is 18.6 Å². The van der Waals surface area contributed by atoms with Crippen LogP contribution >= 0.6 is 0 Å². The molecule has 6 heteroatoms. The molecule has 4 nitrogen and oxygen atoms in total. The van der Waals surface area contributed by atoms with E-state index in [-0.39, 0.29) is 17.5 Å². The molecule has 0 spiro atoms. The number of ether oxygens (including phenoxy) is 1. The summed E-state index contributed by atoms with van der Waals surface area (Å²) in [4.78, 5) is 14.5. The van der Waals surface area contributed by atoms with E-state index in [1.165, 1.54) is 0 Å². The molecule has 0 aromatic carbocycles. The summed E-state index contributed by atoms with van der Waals surface area (Å²) >= 11 is 0. The molecule has 1 unspecified atom stereocenters. The first-order valence-corrected chi connectivity index (χ1v) is 4.87. The van der Waals surface area contributed by atoms with Gasteiger partial charge in [-0.3, -0.25) is 4.79 Å². The third-order valence-corrected chi connectivity index (χ3v) is 2.37. The summed E-state index contributed by atoms with van der Waals surface area (Å²) in [5.74, 6) is -2.54. The summed E-state index contributed by atoms with van der Waals surface area (Å²) in [6, 6.07) is 2.13. The van der Waals surface area contributed by atoms with E-state index >= 15 is 0 Å². The summed E-state index contributed by atoms with van der Waals surface area (Å²) < 4.78 is 30.6. The van der Waals surface area contributed by atoms with Crippen molar-refractivity contribution in [2.24, 2.45) is 5.92 Å². The number of amides is 1. The first-order valence-electron chi connectivity index (χ1n) is 4.87. The molecule has 16 heavy (non-hydrogen) atoms. The molecule has 0 aliphatic carbocycles. The van der Waals surface area contributed by atoms with Crippen molar-refractivity contribution in [1.29, 1.82) is 0 Å². The summed E-state index contributed by atoms with van der Waals surface area (Å²) in [6.45, 7) is 0.865. The van der Waals surface area contributed by atoms with E-state index in [1.54, 1.807) is 0 Å². The summed E-state index contributed by atoms with van der Waals surface area (Å²) in [6.07, 6.45) is 0.613. The van der Waals surface area contributed by atoms with E-state index in [9.17, 15) is 13.6 Å². The fourth-order valence-electron chi connectivity index (χ4n) is 1.48. The van der Waals surface area contributed by atoms with Crippen LogP contribution in [0.2, 0.25) is 0 Å². The number of hydrogen-bond donors (Lipinski definition) is 1. The molecule has 1 N–H and O–H groups in total. The van der Waals surface area contributed by atoms with Crippen molar-refractivity contribution >= 4 is 11.6 Å². The molecule has 86 valence electrons. The van der Waals surface area contributed by atoms with E-state index in [0.29, 0.717) is 19.6 Å². The Balaban J connectivity index is 2.05. The lowest BCUT2D eigenvalue weighted by Gasteiger charge is -2.09. The molecule has 1 aromatic rings. The first-order chi connectivity index (χ1) is 7.66. The van der Waals surface area contributed by atoms with Crippen molar-refractivity contribution in [1.82, 2.24) is 4.98 Å². The quantitative estimate of drug-likeness (QED) is 0.777.